The molecule has 19 heavy (non-hydrogen) atoms. The van der Waals surface area contributed by atoms with E-state index in [1.54, 1.807) is 11.8 Å². The van der Waals surface area contributed by atoms with Crippen LogP contribution in [0.25, 0.3) is 0 Å². The SMILES string of the molecule is CCC(C)(CC(C)(C)NC(C)=O)NC(=O)CCSC. The highest BCUT2D eigenvalue weighted by Gasteiger charge is 2.32. The molecule has 0 bridgehead atoms. The van der Waals surface area contributed by atoms with Gasteiger partial charge in [-0.1, -0.05) is 6.92 Å². The molecule has 112 valence electrons. The summed E-state index contributed by atoms with van der Waals surface area (Å²) in [5.74, 6) is 0.871. The Morgan fingerprint density at radius 2 is 1.74 bits per heavy atom. The van der Waals surface area contributed by atoms with Crippen molar-refractivity contribution < 1.29 is 9.59 Å². The van der Waals surface area contributed by atoms with E-state index in [2.05, 4.69) is 17.6 Å². The van der Waals surface area contributed by atoms with Crippen LogP contribution in [0.1, 0.15) is 53.9 Å². The molecule has 2 N–H and O–H groups in total. The third kappa shape index (κ3) is 8.14. The molecule has 1 unspecified atom stereocenters. The minimum absolute atomic E-state index is 0.0443. The first-order valence-electron chi connectivity index (χ1n) is 6.73. The van der Waals surface area contributed by atoms with Gasteiger partial charge in [0, 0.05) is 30.2 Å². The number of nitrogens with one attached hydrogen (secondary N) is 2. The maximum atomic E-state index is 11.9. The molecule has 1 atom stereocenters. The summed E-state index contributed by atoms with van der Waals surface area (Å²) in [5, 5.41) is 6.03. The Kier molecular flexibility index (Phi) is 7.49. The Bertz CT molecular complexity index is 319. The second-order valence-electron chi connectivity index (χ2n) is 5.95. The van der Waals surface area contributed by atoms with Crippen LogP contribution in [0.4, 0.5) is 0 Å². The van der Waals surface area contributed by atoms with Crippen LogP contribution in [-0.4, -0.2) is 34.9 Å². The van der Waals surface area contributed by atoms with Crippen LogP contribution in [0, 0.1) is 0 Å². The summed E-state index contributed by atoms with van der Waals surface area (Å²) in [6, 6.07) is 0. The van der Waals surface area contributed by atoms with Crippen molar-refractivity contribution >= 4 is 23.6 Å². The van der Waals surface area contributed by atoms with Crippen LogP contribution < -0.4 is 10.6 Å². The zero-order chi connectivity index (χ0) is 15.1. The van der Waals surface area contributed by atoms with Crippen molar-refractivity contribution in [1.29, 1.82) is 0 Å². The van der Waals surface area contributed by atoms with Crippen LogP contribution in [0.5, 0.6) is 0 Å². The van der Waals surface area contributed by atoms with Crippen LogP contribution in [0.15, 0.2) is 0 Å². The molecule has 0 saturated heterocycles. The number of hydrogen-bond donors (Lipinski definition) is 2. The van der Waals surface area contributed by atoms with Gasteiger partial charge in [0.2, 0.25) is 11.8 Å². The smallest absolute Gasteiger partial charge is 0.221 e. The van der Waals surface area contributed by atoms with Gasteiger partial charge in [0.1, 0.15) is 0 Å². The predicted octanol–water partition coefficient (Wildman–Crippen LogP) is 2.33. The molecule has 0 aliphatic rings. The topological polar surface area (TPSA) is 58.2 Å². The van der Waals surface area contributed by atoms with Gasteiger partial charge < -0.3 is 10.6 Å². The summed E-state index contributed by atoms with van der Waals surface area (Å²) in [4.78, 5) is 23.1. The summed E-state index contributed by atoms with van der Waals surface area (Å²) in [5.41, 5.74) is -0.620. The lowest BCUT2D eigenvalue weighted by Gasteiger charge is -2.38. The van der Waals surface area contributed by atoms with Crippen LogP contribution >= 0.6 is 11.8 Å². The molecular weight excluding hydrogens is 260 g/mol. The standard InChI is InChI=1S/C14H28N2O2S/c1-7-14(5,16-12(18)8-9-19-6)10-13(3,4)15-11(2)17/h7-10H2,1-6H3,(H,15,17)(H,16,18). The van der Waals surface area contributed by atoms with Gasteiger partial charge in [-0.3, -0.25) is 9.59 Å². The fourth-order valence-corrected chi connectivity index (χ4v) is 2.74. The van der Waals surface area contributed by atoms with Gasteiger partial charge in [-0.05, 0) is 39.9 Å². The van der Waals surface area contributed by atoms with Crippen molar-refractivity contribution in [2.45, 2.75) is 65.0 Å². The third-order valence-electron chi connectivity index (χ3n) is 3.10. The van der Waals surface area contributed by atoms with Crippen LogP contribution in [-0.2, 0) is 9.59 Å². The van der Waals surface area contributed by atoms with Crippen LogP contribution in [0.2, 0.25) is 0 Å². The maximum Gasteiger partial charge on any atom is 0.221 e. The van der Waals surface area contributed by atoms with E-state index in [9.17, 15) is 9.59 Å². The summed E-state index contributed by atoms with van der Waals surface area (Å²) >= 11 is 1.67. The average Bonchev–Trinajstić information content (AvgIpc) is 2.23. The number of hydrogen-bond acceptors (Lipinski definition) is 3. The van der Waals surface area contributed by atoms with Crippen molar-refractivity contribution in [3.8, 4) is 0 Å². The van der Waals surface area contributed by atoms with E-state index in [0.717, 1.165) is 12.2 Å². The van der Waals surface area contributed by atoms with E-state index in [1.807, 2.05) is 27.0 Å². The third-order valence-corrected chi connectivity index (χ3v) is 3.71. The highest BCUT2D eigenvalue weighted by atomic mass is 32.2. The van der Waals surface area contributed by atoms with Gasteiger partial charge in [0.05, 0.1) is 0 Å². The van der Waals surface area contributed by atoms with Crippen LogP contribution in [0.3, 0.4) is 0 Å². The summed E-state index contributed by atoms with van der Waals surface area (Å²) < 4.78 is 0. The molecule has 5 heteroatoms. The Morgan fingerprint density at radius 1 is 1.16 bits per heavy atom. The lowest BCUT2D eigenvalue weighted by Crippen LogP contribution is -2.54. The number of rotatable bonds is 8. The Labute approximate surface area is 121 Å². The first-order valence-corrected chi connectivity index (χ1v) is 8.12. The lowest BCUT2D eigenvalue weighted by atomic mass is 9.83. The van der Waals surface area contributed by atoms with Gasteiger partial charge in [-0.15, -0.1) is 0 Å². The van der Waals surface area contributed by atoms with E-state index in [1.165, 1.54) is 6.92 Å². The van der Waals surface area contributed by atoms with Gasteiger partial charge >= 0.3 is 0 Å². The van der Waals surface area contributed by atoms with Crippen molar-refractivity contribution in [1.82, 2.24) is 10.6 Å². The van der Waals surface area contributed by atoms with E-state index in [-0.39, 0.29) is 22.9 Å². The molecule has 0 aromatic carbocycles. The molecule has 0 radical (unpaired) electrons. The predicted molar refractivity (Wildman–Crippen MR) is 82.4 cm³/mol. The van der Waals surface area contributed by atoms with Gasteiger partial charge in [0.15, 0.2) is 0 Å². The molecule has 0 aromatic rings. The fourth-order valence-electron chi connectivity index (χ4n) is 2.35. The van der Waals surface area contributed by atoms with E-state index in [0.29, 0.717) is 12.8 Å². The minimum Gasteiger partial charge on any atom is -0.351 e. The largest absolute Gasteiger partial charge is 0.351 e. The quantitative estimate of drug-likeness (QED) is 0.720. The first-order chi connectivity index (χ1) is 8.64. The van der Waals surface area contributed by atoms with E-state index >= 15 is 0 Å². The molecule has 2 amide bonds. The van der Waals surface area contributed by atoms with Gasteiger partial charge in [-0.25, -0.2) is 0 Å². The number of carbonyl (C=O) groups excluding carboxylic acids is 2. The Hall–Kier alpha value is -0.710. The molecule has 0 heterocycles. The molecule has 0 saturated carbocycles. The van der Waals surface area contributed by atoms with E-state index < -0.39 is 0 Å². The fraction of sp³-hybridized carbons (Fsp3) is 0.857. The second-order valence-corrected chi connectivity index (χ2v) is 6.93. The monoisotopic (exact) mass is 288 g/mol. The summed E-state index contributed by atoms with van der Waals surface area (Å²) in [6.45, 7) is 9.57. The highest BCUT2D eigenvalue weighted by Crippen LogP contribution is 2.23. The molecule has 0 spiro atoms. The molecule has 0 rings (SSSR count). The molecule has 4 nitrogen and oxygen atoms in total. The highest BCUT2D eigenvalue weighted by molar-refractivity contribution is 7.98. The molecular formula is C14H28N2O2S. The summed E-state index contributed by atoms with van der Waals surface area (Å²) in [7, 11) is 0. The summed E-state index contributed by atoms with van der Waals surface area (Å²) in [6.07, 6.45) is 4.08. The normalized spacial score (nSPS) is 14.6. The first kappa shape index (κ1) is 18.3. The Balaban J connectivity index is 4.59. The second kappa shape index (κ2) is 7.78. The molecule has 0 aliphatic heterocycles. The zero-order valence-electron chi connectivity index (χ0n) is 13.1. The lowest BCUT2D eigenvalue weighted by molar-refractivity contribution is -0.122. The number of thioether (sulfide) groups is 1. The zero-order valence-corrected chi connectivity index (χ0v) is 13.9. The molecule has 0 fully saturated rings. The average molecular weight is 288 g/mol. The van der Waals surface area contributed by atoms with Gasteiger partial charge in [-0.2, -0.15) is 11.8 Å². The maximum absolute atomic E-state index is 11.9. The van der Waals surface area contributed by atoms with Crippen molar-refractivity contribution in [2.24, 2.45) is 0 Å². The number of amides is 2. The molecule has 0 aromatic heterocycles. The van der Waals surface area contributed by atoms with Crippen molar-refractivity contribution in [2.75, 3.05) is 12.0 Å². The Morgan fingerprint density at radius 3 is 2.16 bits per heavy atom. The van der Waals surface area contributed by atoms with Gasteiger partial charge in [0.25, 0.3) is 0 Å². The van der Waals surface area contributed by atoms with Crippen molar-refractivity contribution in [3.63, 3.8) is 0 Å². The van der Waals surface area contributed by atoms with E-state index in [4.69, 9.17) is 0 Å². The van der Waals surface area contributed by atoms with Crippen molar-refractivity contribution in [3.05, 3.63) is 0 Å². The molecule has 0 aliphatic carbocycles. The minimum atomic E-state index is -0.330. The number of carbonyl (C=O) groups is 2.